The van der Waals surface area contributed by atoms with Gasteiger partial charge in [-0.05, 0) is 35.0 Å². The minimum atomic E-state index is -1.13. The zero-order valence-corrected chi connectivity index (χ0v) is 19.1. The van der Waals surface area contributed by atoms with Crippen molar-refractivity contribution in [3.05, 3.63) is 38.5 Å². The molecule has 8 nitrogen and oxygen atoms in total. The smallest absolute Gasteiger partial charge is 0.352 e. The molecule has 0 aromatic carbocycles. The maximum atomic E-state index is 12.7. The van der Waals surface area contributed by atoms with Crippen LogP contribution in [-0.2, 0) is 27.2 Å². The molecule has 0 saturated carbocycles. The number of aryl methyl sites for hydroxylation is 1. The summed E-state index contributed by atoms with van der Waals surface area (Å²) in [7, 11) is 0. The molecule has 0 bridgehead atoms. The van der Waals surface area contributed by atoms with Gasteiger partial charge in [-0.15, -0.1) is 28.2 Å². The monoisotopic (exact) mass is 482 g/mol. The van der Waals surface area contributed by atoms with Crippen LogP contribution in [0.15, 0.2) is 33.8 Å². The van der Waals surface area contributed by atoms with Crippen molar-refractivity contribution in [3.8, 4) is 0 Å². The van der Waals surface area contributed by atoms with E-state index in [4.69, 9.17) is 0 Å². The highest BCUT2D eigenvalue weighted by Crippen LogP contribution is 2.41. The number of nitrogens with one attached hydrogen (secondary N) is 1. The number of carboxylic acid groups (broad SMARTS) is 1. The highest BCUT2D eigenvalue weighted by atomic mass is 32.2. The molecule has 4 rings (SSSR count). The molecule has 0 spiro atoms. The number of carboxylic acids is 1. The number of hydrogen-bond donors (Lipinski definition) is 2. The number of amides is 2. The van der Waals surface area contributed by atoms with Gasteiger partial charge in [0.2, 0.25) is 5.91 Å². The van der Waals surface area contributed by atoms with Crippen molar-refractivity contribution in [2.75, 3.05) is 11.5 Å². The zero-order valence-electron chi connectivity index (χ0n) is 15.9. The van der Waals surface area contributed by atoms with Gasteiger partial charge in [0.05, 0.1) is 11.3 Å². The van der Waals surface area contributed by atoms with Gasteiger partial charge in [0.1, 0.15) is 22.1 Å². The van der Waals surface area contributed by atoms with Gasteiger partial charge < -0.3 is 10.4 Å². The van der Waals surface area contributed by atoms with Crippen LogP contribution < -0.4 is 5.32 Å². The molecule has 2 N–H and O–H groups in total. The molecule has 2 aliphatic rings. The number of aromatic nitrogens is 2. The molecule has 12 heteroatoms. The van der Waals surface area contributed by atoms with Gasteiger partial charge in [-0.1, -0.05) is 29.2 Å². The van der Waals surface area contributed by atoms with Gasteiger partial charge in [-0.2, -0.15) is 0 Å². The number of β-lactam (4-membered cyclic amide) rings is 1. The molecule has 2 atom stereocenters. The van der Waals surface area contributed by atoms with Crippen molar-refractivity contribution in [2.24, 2.45) is 0 Å². The van der Waals surface area contributed by atoms with E-state index in [2.05, 4.69) is 14.9 Å². The molecule has 2 aromatic heterocycles. The first-order valence-corrected chi connectivity index (χ1v) is 12.8. The molecule has 2 aliphatic heterocycles. The molecule has 2 aromatic rings. The molecule has 2 amide bonds. The largest absolute Gasteiger partial charge is 0.477 e. The number of carbonyl (C=O) groups excluding carboxylic acids is 2. The topological polar surface area (TPSA) is 112 Å². The van der Waals surface area contributed by atoms with E-state index in [1.807, 2.05) is 24.4 Å². The molecule has 0 aliphatic carbocycles. The third-order valence-corrected chi connectivity index (χ3v) is 9.01. The summed E-state index contributed by atoms with van der Waals surface area (Å²) in [5.74, 6) is -0.824. The van der Waals surface area contributed by atoms with Gasteiger partial charge in [0.25, 0.3) is 5.91 Å². The lowest BCUT2D eigenvalue weighted by Gasteiger charge is -2.49. The second kappa shape index (κ2) is 9.08. The lowest BCUT2D eigenvalue weighted by atomic mass is 10.0. The Labute approximate surface area is 189 Å². The Balaban J connectivity index is 1.44. The fourth-order valence-electron chi connectivity index (χ4n) is 3.27. The summed E-state index contributed by atoms with van der Waals surface area (Å²) in [5, 5.41) is 18.9. The average molecular weight is 483 g/mol. The fraction of sp³-hybridized carbons (Fsp3) is 0.389. The van der Waals surface area contributed by atoms with Crippen molar-refractivity contribution in [2.45, 2.75) is 36.2 Å². The minimum absolute atomic E-state index is 0.0289. The maximum absolute atomic E-state index is 12.7. The van der Waals surface area contributed by atoms with Crippen LogP contribution in [0.25, 0.3) is 0 Å². The Morgan fingerprint density at radius 2 is 2.27 bits per heavy atom. The average Bonchev–Trinajstić information content (AvgIpc) is 3.41. The number of hydrogen-bond acceptors (Lipinski definition) is 9. The number of aliphatic carboxylic acids is 1. The van der Waals surface area contributed by atoms with Crippen molar-refractivity contribution in [1.82, 2.24) is 19.8 Å². The van der Waals surface area contributed by atoms with Crippen LogP contribution in [0.5, 0.6) is 0 Å². The van der Waals surface area contributed by atoms with Crippen molar-refractivity contribution in [1.29, 1.82) is 0 Å². The normalized spacial score (nSPS) is 20.7. The predicted octanol–water partition coefficient (Wildman–Crippen LogP) is 2.24. The molecule has 1 saturated heterocycles. The van der Waals surface area contributed by atoms with E-state index < -0.39 is 17.4 Å². The van der Waals surface area contributed by atoms with Crippen LogP contribution in [0.3, 0.4) is 0 Å². The Morgan fingerprint density at radius 3 is 2.97 bits per heavy atom. The Bertz CT molecular complexity index is 1000. The number of carbonyl (C=O) groups is 3. The van der Waals surface area contributed by atoms with Gasteiger partial charge in [-0.3, -0.25) is 14.5 Å². The Hall–Kier alpha value is -1.89. The van der Waals surface area contributed by atoms with Gasteiger partial charge in [0.15, 0.2) is 0 Å². The van der Waals surface area contributed by atoms with E-state index in [9.17, 15) is 19.5 Å². The van der Waals surface area contributed by atoms with Crippen LogP contribution in [0.4, 0.5) is 0 Å². The second-order valence-electron chi connectivity index (χ2n) is 6.61. The van der Waals surface area contributed by atoms with Crippen LogP contribution >= 0.6 is 46.4 Å². The summed E-state index contributed by atoms with van der Waals surface area (Å²) >= 11 is 5.74. The predicted molar refractivity (Wildman–Crippen MR) is 118 cm³/mol. The van der Waals surface area contributed by atoms with Crippen LogP contribution in [0.2, 0.25) is 0 Å². The highest BCUT2D eigenvalue weighted by molar-refractivity contribution is 8.01. The first kappa shape index (κ1) is 21.3. The number of thioether (sulfide) groups is 2. The molecule has 0 unspecified atom stereocenters. The van der Waals surface area contributed by atoms with Gasteiger partial charge in [0, 0.05) is 16.4 Å². The van der Waals surface area contributed by atoms with Crippen LogP contribution in [0, 0.1) is 0 Å². The lowest BCUT2D eigenvalue weighted by Crippen LogP contribution is -2.70. The number of rotatable bonds is 8. The molecule has 30 heavy (non-hydrogen) atoms. The first-order chi connectivity index (χ1) is 14.5. The standard InChI is InChI=1S/C18H18N4O4S4/c1-2-11-15(20-21-30-11)28-7-9-8-29-17-13(16(24)22(17)14(9)18(25)26)19-12(23)6-10-4-3-5-27-10/h3-5,13,17H,2,6-8H2,1H3,(H,19,23)(H,25,26)/t13-,17-/m1/s1. The third kappa shape index (κ3) is 4.13. The number of fused-ring (bicyclic) bond motifs is 1. The summed E-state index contributed by atoms with van der Waals surface area (Å²) in [6.07, 6.45) is 1.03. The lowest BCUT2D eigenvalue weighted by molar-refractivity contribution is -0.150. The SMILES string of the molecule is CCc1snnc1SCC1=C(C(=O)O)N2C(=O)[C@@H](NC(=O)Cc3cccs3)[C@H]2SC1. The molecule has 0 radical (unpaired) electrons. The van der Waals surface area contributed by atoms with E-state index in [1.54, 1.807) is 0 Å². The van der Waals surface area contributed by atoms with Gasteiger partial charge in [-0.25, -0.2) is 4.79 Å². The summed E-state index contributed by atoms with van der Waals surface area (Å²) in [6, 6.07) is 3.04. The molecule has 1 fully saturated rings. The number of thiophene rings is 1. The second-order valence-corrected chi connectivity index (χ2v) is 10.6. The molecular weight excluding hydrogens is 464 g/mol. The fourth-order valence-corrected chi connectivity index (χ4v) is 7.21. The van der Waals surface area contributed by atoms with E-state index >= 15 is 0 Å². The van der Waals surface area contributed by atoms with E-state index in [-0.39, 0.29) is 23.9 Å². The van der Waals surface area contributed by atoms with E-state index in [0.717, 1.165) is 21.2 Å². The maximum Gasteiger partial charge on any atom is 0.352 e. The van der Waals surface area contributed by atoms with E-state index in [0.29, 0.717) is 17.1 Å². The van der Waals surface area contributed by atoms with Crippen LogP contribution in [-0.4, -0.2) is 60.3 Å². The first-order valence-electron chi connectivity index (χ1n) is 9.15. The molecule has 158 valence electrons. The van der Waals surface area contributed by atoms with Crippen molar-refractivity contribution >= 4 is 64.2 Å². The van der Waals surface area contributed by atoms with Crippen LogP contribution in [0.1, 0.15) is 16.7 Å². The van der Waals surface area contributed by atoms with Gasteiger partial charge >= 0.3 is 5.97 Å². The summed E-state index contributed by atoms with van der Waals surface area (Å²) in [4.78, 5) is 40.2. The Kier molecular flexibility index (Phi) is 6.46. The zero-order chi connectivity index (χ0) is 21.3. The molecular formula is C18H18N4O4S4. The third-order valence-electron chi connectivity index (χ3n) is 4.71. The highest BCUT2D eigenvalue weighted by Gasteiger charge is 2.54. The van der Waals surface area contributed by atoms with E-state index in [1.165, 1.54) is 51.3 Å². The number of nitrogens with zero attached hydrogens (tertiary/aromatic N) is 3. The summed E-state index contributed by atoms with van der Waals surface area (Å²) < 4.78 is 3.95. The molecule has 4 heterocycles. The quantitative estimate of drug-likeness (QED) is 0.435. The van der Waals surface area contributed by atoms with Crippen molar-refractivity contribution < 1.29 is 19.5 Å². The summed E-state index contributed by atoms with van der Waals surface area (Å²) in [5.41, 5.74) is 0.710. The minimum Gasteiger partial charge on any atom is -0.477 e. The Morgan fingerprint density at radius 1 is 1.43 bits per heavy atom. The van der Waals surface area contributed by atoms with Crippen molar-refractivity contribution in [3.63, 3.8) is 0 Å². The summed E-state index contributed by atoms with van der Waals surface area (Å²) in [6.45, 7) is 2.02.